The quantitative estimate of drug-likeness (QED) is 0.625. The zero-order chi connectivity index (χ0) is 15.9. The normalized spacial score (nSPS) is 14.0. The number of thiophene rings is 1. The summed E-state index contributed by atoms with van der Waals surface area (Å²) in [4.78, 5) is 35.1. The number of benzene rings is 1. The van der Waals surface area contributed by atoms with Gasteiger partial charge in [-0.2, -0.15) is 0 Å². The Balaban J connectivity index is 2.18. The van der Waals surface area contributed by atoms with Crippen molar-refractivity contribution in [2.45, 2.75) is 18.8 Å². The fourth-order valence-electron chi connectivity index (χ4n) is 2.38. The molecule has 0 saturated heterocycles. The molecule has 1 saturated carbocycles. The van der Waals surface area contributed by atoms with Crippen LogP contribution >= 0.6 is 11.3 Å². The van der Waals surface area contributed by atoms with Gasteiger partial charge in [0.2, 0.25) is 0 Å². The van der Waals surface area contributed by atoms with Gasteiger partial charge >= 0.3 is 5.97 Å². The van der Waals surface area contributed by atoms with Crippen LogP contribution in [-0.2, 0) is 9.59 Å². The molecule has 2 aromatic rings. The van der Waals surface area contributed by atoms with Crippen LogP contribution in [0, 0.1) is 0 Å². The second kappa shape index (κ2) is 5.42. The smallest absolute Gasteiger partial charge is 0.341 e. The van der Waals surface area contributed by atoms with Crippen LogP contribution in [0.5, 0.6) is 5.75 Å². The van der Waals surface area contributed by atoms with E-state index in [1.54, 1.807) is 12.1 Å². The Hall–Kier alpha value is -2.41. The van der Waals surface area contributed by atoms with E-state index in [2.05, 4.69) is 0 Å². The van der Waals surface area contributed by atoms with Crippen molar-refractivity contribution in [1.82, 2.24) is 0 Å². The first-order chi connectivity index (χ1) is 10.5. The monoisotopic (exact) mass is 319 g/mol. The lowest BCUT2D eigenvalue weighted by Gasteiger charge is -2.07. The maximum atomic E-state index is 12.2. The minimum absolute atomic E-state index is 0.267. The van der Waals surface area contributed by atoms with Crippen LogP contribution in [0.25, 0.3) is 10.1 Å². The molecule has 1 aliphatic rings. The van der Waals surface area contributed by atoms with E-state index >= 15 is 0 Å². The third kappa shape index (κ3) is 2.55. The molecule has 1 fully saturated rings. The van der Waals surface area contributed by atoms with E-state index < -0.39 is 24.3 Å². The van der Waals surface area contributed by atoms with Gasteiger partial charge in [0.25, 0.3) is 11.7 Å². The van der Waals surface area contributed by atoms with Gasteiger partial charge in [-0.15, -0.1) is 11.3 Å². The molecule has 7 heteroatoms. The Kier molecular flexibility index (Phi) is 3.58. The van der Waals surface area contributed by atoms with Gasteiger partial charge in [0.1, 0.15) is 5.75 Å². The molecule has 1 amide bonds. The molecular formula is C15H13NO5S. The Morgan fingerprint density at radius 1 is 1.32 bits per heavy atom. The predicted octanol–water partition coefficient (Wildman–Crippen LogP) is 1.91. The summed E-state index contributed by atoms with van der Waals surface area (Å²) < 4.78 is 6.05. The number of carbonyl (C=O) groups excluding carboxylic acids is 2. The summed E-state index contributed by atoms with van der Waals surface area (Å²) in [6.45, 7) is -0.516. The predicted molar refractivity (Wildman–Crippen MR) is 80.5 cm³/mol. The molecule has 3 N–H and O–H groups in total. The number of hydrogen-bond acceptors (Lipinski definition) is 5. The highest BCUT2D eigenvalue weighted by atomic mass is 32.1. The lowest BCUT2D eigenvalue weighted by molar-refractivity contribution is -0.139. The summed E-state index contributed by atoms with van der Waals surface area (Å²) in [6.07, 6.45) is 1.94. The number of ether oxygens (including phenoxy) is 1. The average Bonchev–Trinajstić information content (AvgIpc) is 3.24. The Morgan fingerprint density at radius 2 is 2.05 bits per heavy atom. The number of nitrogens with two attached hydrogens (primary N) is 1. The molecule has 1 aliphatic carbocycles. The number of aliphatic carboxylic acids is 1. The lowest BCUT2D eigenvalue weighted by Crippen LogP contribution is -2.23. The van der Waals surface area contributed by atoms with Crippen LogP contribution in [0.2, 0.25) is 0 Å². The molecule has 0 unspecified atom stereocenters. The van der Waals surface area contributed by atoms with Gasteiger partial charge in [-0.25, -0.2) is 4.79 Å². The molecule has 0 aliphatic heterocycles. The SMILES string of the molecule is NC(=O)C(=O)c1c(C2CC2)sc2cccc(OCC(=O)O)c12. The van der Waals surface area contributed by atoms with Crippen molar-refractivity contribution in [2.75, 3.05) is 6.61 Å². The number of ketones is 1. The van der Waals surface area contributed by atoms with Crippen molar-refractivity contribution in [3.63, 3.8) is 0 Å². The highest BCUT2D eigenvalue weighted by molar-refractivity contribution is 7.19. The first kappa shape index (κ1) is 14.5. The molecule has 1 aromatic carbocycles. The number of carboxylic acid groups (broad SMARTS) is 1. The minimum atomic E-state index is -1.11. The molecule has 1 aromatic heterocycles. The third-order valence-electron chi connectivity index (χ3n) is 3.45. The highest BCUT2D eigenvalue weighted by Crippen LogP contribution is 2.49. The maximum absolute atomic E-state index is 12.2. The average molecular weight is 319 g/mol. The third-order valence-corrected chi connectivity index (χ3v) is 4.77. The van der Waals surface area contributed by atoms with E-state index in [1.165, 1.54) is 11.3 Å². The number of hydrogen-bond donors (Lipinski definition) is 2. The largest absolute Gasteiger partial charge is 0.481 e. The zero-order valence-corrected chi connectivity index (χ0v) is 12.3. The maximum Gasteiger partial charge on any atom is 0.341 e. The highest BCUT2D eigenvalue weighted by Gasteiger charge is 2.34. The number of rotatable bonds is 6. The molecule has 6 nitrogen and oxygen atoms in total. The standard InChI is InChI=1S/C15H13NO5S/c16-15(20)13(19)12-11-8(21-6-10(17)18)2-1-3-9(11)22-14(12)7-4-5-7/h1-3,7H,4-6H2,(H2,16,20)(H,17,18). The van der Waals surface area contributed by atoms with Gasteiger partial charge in [0, 0.05) is 15.0 Å². The van der Waals surface area contributed by atoms with Crippen molar-refractivity contribution in [2.24, 2.45) is 5.73 Å². The van der Waals surface area contributed by atoms with Crippen LogP contribution in [0.15, 0.2) is 18.2 Å². The fraction of sp³-hybridized carbons (Fsp3) is 0.267. The van der Waals surface area contributed by atoms with E-state index in [0.29, 0.717) is 5.39 Å². The fourth-order valence-corrected chi connectivity index (χ4v) is 3.76. The summed E-state index contributed by atoms with van der Waals surface area (Å²) in [6, 6.07) is 5.13. The Bertz CT molecular complexity index is 791. The second-order valence-corrected chi connectivity index (χ2v) is 6.20. The summed E-state index contributed by atoms with van der Waals surface area (Å²) in [5, 5.41) is 9.24. The van der Waals surface area contributed by atoms with E-state index in [9.17, 15) is 14.4 Å². The van der Waals surface area contributed by atoms with Crippen molar-refractivity contribution < 1.29 is 24.2 Å². The number of amides is 1. The van der Waals surface area contributed by atoms with Gasteiger partial charge in [-0.1, -0.05) is 6.07 Å². The van der Waals surface area contributed by atoms with Crippen LogP contribution < -0.4 is 10.5 Å². The summed E-state index contributed by atoms with van der Waals surface area (Å²) in [5.41, 5.74) is 5.44. The first-order valence-electron chi connectivity index (χ1n) is 6.73. The second-order valence-electron chi connectivity index (χ2n) is 5.12. The van der Waals surface area contributed by atoms with E-state index in [-0.39, 0.29) is 17.2 Å². The minimum Gasteiger partial charge on any atom is -0.481 e. The van der Waals surface area contributed by atoms with E-state index in [1.807, 2.05) is 6.07 Å². The van der Waals surface area contributed by atoms with Crippen molar-refractivity contribution in [3.05, 3.63) is 28.6 Å². The van der Waals surface area contributed by atoms with Crippen LogP contribution in [0.4, 0.5) is 0 Å². The van der Waals surface area contributed by atoms with E-state index in [4.69, 9.17) is 15.6 Å². The van der Waals surface area contributed by atoms with Crippen molar-refractivity contribution >= 4 is 39.1 Å². The molecule has 0 radical (unpaired) electrons. The molecule has 0 spiro atoms. The van der Waals surface area contributed by atoms with Crippen LogP contribution in [0.1, 0.15) is 34.0 Å². The number of carbonyl (C=O) groups is 3. The van der Waals surface area contributed by atoms with Crippen LogP contribution in [-0.4, -0.2) is 29.4 Å². The Labute approximate surface area is 129 Å². The van der Waals surface area contributed by atoms with Crippen molar-refractivity contribution in [3.8, 4) is 5.75 Å². The molecule has 22 heavy (non-hydrogen) atoms. The van der Waals surface area contributed by atoms with Gasteiger partial charge in [-0.05, 0) is 30.9 Å². The number of fused-ring (bicyclic) bond motifs is 1. The topological polar surface area (TPSA) is 107 Å². The van der Waals surface area contributed by atoms with E-state index in [0.717, 1.165) is 22.4 Å². The summed E-state index contributed by atoms with van der Waals surface area (Å²) in [5.74, 6) is -2.33. The molecule has 0 atom stereocenters. The van der Waals surface area contributed by atoms with Gasteiger partial charge < -0.3 is 15.6 Å². The summed E-state index contributed by atoms with van der Waals surface area (Å²) >= 11 is 1.43. The number of Topliss-reactive ketones (excluding diaryl/α,β-unsaturated/α-hetero) is 1. The van der Waals surface area contributed by atoms with Gasteiger partial charge in [0.15, 0.2) is 6.61 Å². The van der Waals surface area contributed by atoms with Crippen molar-refractivity contribution in [1.29, 1.82) is 0 Å². The lowest BCUT2D eigenvalue weighted by atomic mass is 10.0. The number of carboxylic acids is 1. The van der Waals surface area contributed by atoms with Gasteiger partial charge in [0.05, 0.1) is 5.56 Å². The molecule has 0 bridgehead atoms. The molecule has 1 heterocycles. The number of primary amides is 1. The molecule has 114 valence electrons. The zero-order valence-electron chi connectivity index (χ0n) is 11.5. The van der Waals surface area contributed by atoms with Crippen LogP contribution in [0.3, 0.4) is 0 Å². The first-order valence-corrected chi connectivity index (χ1v) is 7.54. The molecular weight excluding hydrogens is 306 g/mol. The van der Waals surface area contributed by atoms with Gasteiger partial charge in [-0.3, -0.25) is 9.59 Å². The molecule has 3 rings (SSSR count). The Morgan fingerprint density at radius 3 is 2.64 bits per heavy atom. The summed E-state index contributed by atoms with van der Waals surface area (Å²) in [7, 11) is 0.